The topological polar surface area (TPSA) is 187 Å². The molecule has 3 amide bonds. The molecule has 1 aromatic heterocycles. The molecule has 1 aliphatic rings. The Hall–Kier alpha value is -4.12. The van der Waals surface area contributed by atoms with Crippen LogP contribution in [0.25, 0.3) is 0 Å². The summed E-state index contributed by atoms with van der Waals surface area (Å²) in [6, 6.07) is 12.1. The minimum absolute atomic E-state index is 0.0407. The van der Waals surface area contributed by atoms with Gasteiger partial charge in [0.25, 0.3) is 0 Å². The highest BCUT2D eigenvalue weighted by Crippen LogP contribution is 2.25. The van der Waals surface area contributed by atoms with Crippen LogP contribution in [0.1, 0.15) is 39.0 Å². The Balaban J connectivity index is 1.56. The summed E-state index contributed by atoms with van der Waals surface area (Å²) < 4.78 is 28.5. The van der Waals surface area contributed by atoms with Crippen LogP contribution in [0.15, 0.2) is 64.9 Å². The fraction of sp³-hybridized carbons (Fsp3) is 0.469. The van der Waals surface area contributed by atoms with Crippen LogP contribution in [0.2, 0.25) is 0 Å². The highest BCUT2D eigenvalue weighted by Gasteiger charge is 2.41. The van der Waals surface area contributed by atoms with Gasteiger partial charge in [0.05, 0.1) is 23.6 Å². The third-order valence-electron chi connectivity index (χ3n) is 7.94. The van der Waals surface area contributed by atoms with Crippen LogP contribution in [0, 0.1) is 22.0 Å². The predicted molar refractivity (Wildman–Crippen MR) is 180 cm³/mol. The second-order valence-electron chi connectivity index (χ2n) is 12.5. The number of nitrogens with zero attached hydrogens (tertiary/aromatic N) is 5. The number of sulfonamides is 1. The van der Waals surface area contributed by atoms with Gasteiger partial charge in [-0.2, -0.15) is 4.31 Å². The van der Waals surface area contributed by atoms with Gasteiger partial charge in [-0.05, 0) is 69.3 Å². The van der Waals surface area contributed by atoms with Crippen molar-refractivity contribution in [1.29, 1.82) is 0 Å². The number of nitrogens with one attached hydrogen (secondary N) is 1. The first-order valence-electron chi connectivity index (χ1n) is 15.6. The number of thiazole rings is 1. The normalized spacial score (nSPS) is 15.7. The van der Waals surface area contributed by atoms with Crippen molar-refractivity contribution in [3.05, 3.63) is 81.3 Å². The molecule has 3 aromatic rings. The van der Waals surface area contributed by atoms with Gasteiger partial charge < -0.3 is 35.4 Å². The standard InChI is InChI=1S/C32H42N6O8S2/c1-21(2)17-36(48(45,46)26-12-10-25(39)11-13-26)19-28(40)27(16-23-8-6-5-7-9-23)34-30(41)29(22(3)4)37-15-14-35(32(37)42)18-24-20-47-31(33-24)38(43)44/h5-13,20-22,27-29,39-40H,14-19H2,1-4H3,(H,34,41)/t27-,28+,29-/m0/s1. The number of aliphatic hydroxyl groups is 1. The molecule has 0 aliphatic carbocycles. The molecule has 2 aromatic carbocycles. The van der Waals surface area contributed by atoms with Gasteiger partial charge in [0.1, 0.15) is 11.8 Å². The first kappa shape index (κ1) is 36.7. The van der Waals surface area contributed by atoms with Crippen LogP contribution < -0.4 is 5.32 Å². The lowest BCUT2D eigenvalue weighted by Gasteiger charge is -2.34. The number of aliphatic hydroxyl groups excluding tert-OH is 1. The lowest BCUT2D eigenvalue weighted by Crippen LogP contribution is -2.57. The maximum absolute atomic E-state index is 14.0. The first-order valence-corrected chi connectivity index (χ1v) is 17.9. The number of aromatic nitrogens is 1. The molecule has 48 heavy (non-hydrogen) atoms. The number of phenols is 1. The zero-order chi connectivity index (χ0) is 35.2. The molecule has 0 radical (unpaired) electrons. The number of rotatable bonds is 16. The van der Waals surface area contributed by atoms with E-state index in [9.17, 15) is 38.3 Å². The van der Waals surface area contributed by atoms with Crippen molar-refractivity contribution >= 4 is 38.4 Å². The second kappa shape index (κ2) is 15.9. The lowest BCUT2D eigenvalue weighted by molar-refractivity contribution is -0.384. The van der Waals surface area contributed by atoms with E-state index in [0.29, 0.717) is 5.69 Å². The predicted octanol–water partition coefficient (Wildman–Crippen LogP) is 3.45. The highest BCUT2D eigenvalue weighted by molar-refractivity contribution is 7.89. The van der Waals surface area contributed by atoms with E-state index in [2.05, 4.69) is 10.3 Å². The minimum atomic E-state index is -4.08. The number of carbonyl (C=O) groups is 2. The Morgan fingerprint density at radius 2 is 1.75 bits per heavy atom. The van der Waals surface area contributed by atoms with Crippen LogP contribution in [0.5, 0.6) is 5.75 Å². The molecular formula is C32H42N6O8S2. The molecule has 0 unspecified atom stereocenters. The summed E-state index contributed by atoms with van der Waals surface area (Å²) >= 11 is 0.876. The summed E-state index contributed by atoms with van der Waals surface area (Å²) in [6.07, 6.45) is -1.14. The summed E-state index contributed by atoms with van der Waals surface area (Å²) in [4.78, 5) is 44.8. The van der Waals surface area contributed by atoms with Gasteiger partial charge in [-0.1, -0.05) is 58.0 Å². The van der Waals surface area contributed by atoms with E-state index in [1.807, 2.05) is 44.2 Å². The fourth-order valence-corrected chi connectivity index (χ4v) is 7.91. The molecule has 14 nitrogen and oxygen atoms in total. The quantitative estimate of drug-likeness (QED) is 0.148. The van der Waals surface area contributed by atoms with Crippen LogP contribution in [0.3, 0.4) is 0 Å². The number of aromatic hydroxyl groups is 1. The van der Waals surface area contributed by atoms with Crippen LogP contribution in [0.4, 0.5) is 9.93 Å². The number of carbonyl (C=O) groups excluding carboxylic acids is 2. The fourth-order valence-electron chi connectivity index (χ4n) is 5.66. The summed E-state index contributed by atoms with van der Waals surface area (Å²) in [6.45, 7) is 7.69. The summed E-state index contributed by atoms with van der Waals surface area (Å²) in [7, 11) is -4.08. The maximum atomic E-state index is 14.0. The number of benzene rings is 2. The Morgan fingerprint density at radius 1 is 1.08 bits per heavy atom. The highest BCUT2D eigenvalue weighted by atomic mass is 32.2. The smallest absolute Gasteiger partial charge is 0.423 e. The van der Waals surface area contributed by atoms with Gasteiger partial charge in [-0.25, -0.2) is 13.2 Å². The van der Waals surface area contributed by atoms with Gasteiger partial charge in [-0.15, -0.1) is 0 Å². The van der Waals surface area contributed by atoms with Crippen molar-refractivity contribution in [3.8, 4) is 5.75 Å². The number of hydrogen-bond donors (Lipinski definition) is 3. The molecule has 0 spiro atoms. The van der Waals surface area contributed by atoms with Crippen molar-refractivity contribution < 1.29 is 33.1 Å². The number of urea groups is 1. The van der Waals surface area contributed by atoms with Crippen molar-refractivity contribution in [2.45, 2.75) is 63.7 Å². The van der Waals surface area contributed by atoms with E-state index in [1.54, 1.807) is 13.8 Å². The third-order valence-corrected chi connectivity index (χ3v) is 10.6. The van der Waals surface area contributed by atoms with Crippen molar-refractivity contribution in [2.24, 2.45) is 11.8 Å². The molecule has 3 atom stereocenters. The second-order valence-corrected chi connectivity index (χ2v) is 15.3. The van der Waals surface area contributed by atoms with E-state index in [0.717, 1.165) is 16.9 Å². The Kier molecular flexibility index (Phi) is 12.1. The SMILES string of the molecule is CC(C)CN(C[C@@H](O)[C@H](Cc1ccccc1)NC(=O)[C@H](C(C)C)N1CCN(Cc2csc([N+](=O)[O-])n2)C1=O)S(=O)(=O)c1ccc(O)cc1. The largest absolute Gasteiger partial charge is 0.508 e. The summed E-state index contributed by atoms with van der Waals surface area (Å²) in [5.41, 5.74) is 1.19. The molecule has 3 N–H and O–H groups in total. The number of nitro groups is 1. The molecule has 260 valence electrons. The average Bonchev–Trinajstić information content (AvgIpc) is 3.64. The molecule has 0 saturated carbocycles. The zero-order valence-corrected chi connectivity index (χ0v) is 28.9. The first-order chi connectivity index (χ1) is 22.7. The number of phenolic OH excluding ortho intramolecular Hbond substituents is 1. The molecule has 4 rings (SSSR count). The number of amides is 3. The number of hydrogen-bond acceptors (Lipinski definition) is 10. The van der Waals surface area contributed by atoms with Crippen molar-refractivity contribution in [1.82, 2.24) is 24.4 Å². The summed E-state index contributed by atoms with van der Waals surface area (Å²) in [5.74, 6) is -0.991. The maximum Gasteiger partial charge on any atom is 0.423 e. The third kappa shape index (κ3) is 9.06. The van der Waals surface area contributed by atoms with E-state index >= 15 is 0 Å². The molecule has 1 aliphatic heterocycles. The van der Waals surface area contributed by atoms with E-state index in [1.165, 1.54) is 43.8 Å². The van der Waals surface area contributed by atoms with Crippen LogP contribution in [-0.2, 0) is 27.8 Å². The Labute approximate surface area is 284 Å². The molecule has 1 saturated heterocycles. The van der Waals surface area contributed by atoms with Gasteiger partial charge in [0, 0.05) is 31.6 Å². The van der Waals surface area contributed by atoms with Gasteiger partial charge in [-0.3, -0.25) is 4.79 Å². The monoisotopic (exact) mass is 702 g/mol. The molecule has 1 fully saturated rings. The van der Waals surface area contributed by atoms with Gasteiger partial charge in [0.2, 0.25) is 15.9 Å². The van der Waals surface area contributed by atoms with Crippen LogP contribution in [-0.4, -0.2) is 98.9 Å². The zero-order valence-electron chi connectivity index (χ0n) is 27.3. The van der Waals surface area contributed by atoms with Crippen molar-refractivity contribution in [2.75, 3.05) is 26.2 Å². The lowest BCUT2D eigenvalue weighted by atomic mass is 9.97. The molecule has 0 bridgehead atoms. The Morgan fingerprint density at radius 3 is 2.33 bits per heavy atom. The van der Waals surface area contributed by atoms with Gasteiger partial charge in [0.15, 0.2) is 5.69 Å². The van der Waals surface area contributed by atoms with E-state index < -0.39 is 45.1 Å². The minimum Gasteiger partial charge on any atom is -0.508 e. The van der Waals surface area contributed by atoms with Crippen molar-refractivity contribution in [3.63, 3.8) is 0 Å². The Bertz CT molecular complexity index is 1670. The molecular weight excluding hydrogens is 661 g/mol. The molecule has 2 heterocycles. The summed E-state index contributed by atoms with van der Waals surface area (Å²) in [5, 5.41) is 36.6. The van der Waals surface area contributed by atoms with E-state index in [4.69, 9.17) is 0 Å². The van der Waals surface area contributed by atoms with Gasteiger partial charge >= 0.3 is 11.2 Å². The van der Waals surface area contributed by atoms with Crippen LogP contribution >= 0.6 is 11.3 Å². The van der Waals surface area contributed by atoms with E-state index in [-0.39, 0.29) is 66.8 Å². The average molecular weight is 703 g/mol. The molecule has 16 heteroatoms.